The van der Waals surface area contributed by atoms with Gasteiger partial charge in [-0.25, -0.2) is 23.1 Å². The van der Waals surface area contributed by atoms with E-state index in [1.165, 1.54) is 6.20 Å². The topological polar surface area (TPSA) is 111 Å². The molecule has 1 unspecified atom stereocenters. The maximum Gasteiger partial charge on any atom is 0.246 e. The Hall–Kier alpha value is -2.65. The van der Waals surface area contributed by atoms with E-state index >= 15 is 0 Å². The van der Waals surface area contributed by atoms with Gasteiger partial charge in [0, 0.05) is 41.5 Å². The second-order valence-electron chi connectivity index (χ2n) is 5.56. The van der Waals surface area contributed by atoms with Crippen LogP contribution in [-0.4, -0.2) is 28.5 Å². The molecule has 3 aromatic rings. The van der Waals surface area contributed by atoms with Crippen LogP contribution in [0.2, 0.25) is 0 Å². The molecule has 0 fully saturated rings. The highest BCUT2D eigenvalue weighted by molar-refractivity contribution is 7.89. The van der Waals surface area contributed by atoms with Crippen LogP contribution in [0.1, 0.15) is 30.0 Å². The fourth-order valence-corrected chi connectivity index (χ4v) is 3.77. The van der Waals surface area contributed by atoms with E-state index in [1.54, 1.807) is 32.4 Å². The van der Waals surface area contributed by atoms with Crippen molar-refractivity contribution >= 4 is 10.0 Å². The molecule has 8 nitrogen and oxygen atoms in total. The lowest BCUT2D eigenvalue weighted by Crippen LogP contribution is -2.28. The molecule has 0 aliphatic heterocycles. The number of aryl methyl sites for hydroxylation is 2. The molecule has 130 valence electrons. The van der Waals surface area contributed by atoms with Gasteiger partial charge in [0.05, 0.1) is 6.20 Å². The zero-order chi connectivity index (χ0) is 18.0. The number of rotatable bonds is 5. The van der Waals surface area contributed by atoms with Crippen LogP contribution in [0.25, 0.3) is 11.4 Å². The van der Waals surface area contributed by atoms with Crippen LogP contribution in [0.15, 0.2) is 46.3 Å². The van der Waals surface area contributed by atoms with Crippen molar-refractivity contribution in [3.8, 4) is 11.4 Å². The first-order chi connectivity index (χ1) is 11.9. The minimum absolute atomic E-state index is 0.0197. The molecule has 1 atom stereocenters. The third-order valence-corrected chi connectivity index (χ3v) is 5.39. The molecule has 9 heteroatoms. The number of nitrogens with zero attached hydrogens (tertiary/aromatic N) is 4. The van der Waals surface area contributed by atoms with Crippen LogP contribution in [0.3, 0.4) is 0 Å². The Labute approximate surface area is 145 Å². The molecule has 0 spiro atoms. The van der Waals surface area contributed by atoms with Crippen molar-refractivity contribution in [3.05, 3.63) is 53.9 Å². The van der Waals surface area contributed by atoms with Gasteiger partial charge in [-0.15, -0.1) is 0 Å². The highest BCUT2D eigenvalue weighted by Crippen LogP contribution is 2.22. The summed E-state index contributed by atoms with van der Waals surface area (Å²) in [6.45, 7) is 5.10. The summed E-state index contributed by atoms with van der Waals surface area (Å²) in [6, 6.07) is 3.12. The van der Waals surface area contributed by atoms with Crippen LogP contribution in [0.4, 0.5) is 0 Å². The number of hydrogen-bond acceptors (Lipinski definition) is 7. The smallest absolute Gasteiger partial charge is 0.246 e. The summed E-state index contributed by atoms with van der Waals surface area (Å²) < 4.78 is 32.3. The number of hydrogen-bond donors (Lipinski definition) is 1. The third kappa shape index (κ3) is 3.57. The van der Waals surface area contributed by atoms with Gasteiger partial charge in [-0.2, -0.15) is 0 Å². The Kier molecular flexibility index (Phi) is 4.60. The molecule has 0 bridgehead atoms. The molecule has 0 saturated carbocycles. The SMILES string of the molecule is Cc1nc(-c2ccncc2)ncc1C(C)NS(=O)(=O)c1cnoc1C. The Morgan fingerprint density at radius 1 is 1.16 bits per heavy atom. The summed E-state index contributed by atoms with van der Waals surface area (Å²) in [4.78, 5) is 12.8. The fraction of sp³-hybridized carbons (Fsp3) is 0.250. The molecule has 3 aromatic heterocycles. The first-order valence-corrected chi connectivity index (χ1v) is 9.04. The van der Waals surface area contributed by atoms with Crippen molar-refractivity contribution in [2.24, 2.45) is 0 Å². The largest absolute Gasteiger partial charge is 0.360 e. The van der Waals surface area contributed by atoms with Crippen molar-refractivity contribution in [3.63, 3.8) is 0 Å². The van der Waals surface area contributed by atoms with Gasteiger partial charge in [0.25, 0.3) is 0 Å². The van der Waals surface area contributed by atoms with Gasteiger partial charge in [-0.1, -0.05) is 5.16 Å². The first kappa shape index (κ1) is 17.2. The summed E-state index contributed by atoms with van der Waals surface area (Å²) in [7, 11) is -3.74. The molecule has 3 heterocycles. The van der Waals surface area contributed by atoms with Crippen molar-refractivity contribution in [1.29, 1.82) is 0 Å². The lowest BCUT2D eigenvalue weighted by molar-refractivity contribution is 0.394. The van der Waals surface area contributed by atoms with E-state index in [0.29, 0.717) is 17.1 Å². The summed E-state index contributed by atoms with van der Waals surface area (Å²) in [5.74, 6) is 0.800. The minimum Gasteiger partial charge on any atom is -0.360 e. The third-order valence-electron chi connectivity index (χ3n) is 3.75. The summed E-state index contributed by atoms with van der Waals surface area (Å²) in [5, 5.41) is 3.51. The standard InChI is InChI=1S/C16H17N5O3S/c1-10-14(8-18-16(20-10)13-4-6-17-7-5-13)11(2)21-25(22,23)15-9-19-24-12(15)3/h4-9,11,21H,1-3H3. The van der Waals surface area contributed by atoms with Gasteiger partial charge in [0.15, 0.2) is 11.6 Å². The molecule has 0 saturated heterocycles. The van der Waals surface area contributed by atoms with Gasteiger partial charge >= 0.3 is 0 Å². The summed E-state index contributed by atoms with van der Waals surface area (Å²) in [5.41, 5.74) is 2.23. The number of sulfonamides is 1. The average Bonchev–Trinajstić information content (AvgIpc) is 3.02. The predicted molar refractivity (Wildman–Crippen MR) is 90.0 cm³/mol. The molecule has 1 N–H and O–H groups in total. The number of aromatic nitrogens is 4. The second-order valence-corrected chi connectivity index (χ2v) is 7.24. The average molecular weight is 359 g/mol. The molecule has 0 aliphatic rings. The number of nitrogens with one attached hydrogen (secondary N) is 1. The molecule has 0 aliphatic carbocycles. The predicted octanol–water partition coefficient (Wildman–Crippen LogP) is 2.18. The van der Waals surface area contributed by atoms with Gasteiger partial charge < -0.3 is 4.52 Å². The van der Waals surface area contributed by atoms with E-state index in [-0.39, 0.29) is 10.7 Å². The van der Waals surface area contributed by atoms with E-state index in [9.17, 15) is 8.42 Å². The fourth-order valence-electron chi connectivity index (χ4n) is 2.45. The lowest BCUT2D eigenvalue weighted by Gasteiger charge is -2.16. The van der Waals surface area contributed by atoms with Crippen LogP contribution in [-0.2, 0) is 10.0 Å². The maximum atomic E-state index is 12.4. The molecule has 0 aromatic carbocycles. The van der Waals surface area contributed by atoms with Crippen molar-refractivity contribution in [2.75, 3.05) is 0 Å². The van der Waals surface area contributed by atoms with Crippen molar-refractivity contribution in [1.82, 2.24) is 24.8 Å². The molecule has 25 heavy (non-hydrogen) atoms. The van der Waals surface area contributed by atoms with Crippen LogP contribution in [0, 0.1) is 13.8 Å². The Morgan fingerprint density at radius 2 is 1.88 bits per heavy atom. The Balaban J connectivity index is 1.86. The zero-order valence-electron chi connectivity index (χ0n) is 14.0. The van der Waals surface area contributed by atoms with Crippen molar-refractivity contribution in [2.45, 2.75) is 31.7 Å². The Bertz CT molecular complexity index is 986. The quantitative estimate of drug-likeness (QED) is 0.743. The molecular weight excluding hydrogens is 342 g/mol. The van der Waals surface area contributed by atoms with Gasteiger partial charge in [0.2, 0.25) is 10.0 Å². The monoisotopic (exact) mass is 359 g/mol. The van der Waals surface area contributed by atoms with Crippen LogP contribution < -0.4 is 4.72 Å². The zero-order valence-corrected chi connectivity index (χ0v) is 14.8. The highest BCUT2D eigenvalue weighted by atomic mass is 32.2. The van der Waals surface area contributed by atoms with Crippen molar-refractivity contribution < 1.29 is 12.9 Å². The molecule has 3 rings (SSSR count). The van der Waals surface area contributed by atoms with E-state index < -0.39 is 16.1 Å². The minimum atomic E-state index is -3.74. The van der Waals surface area contributed by atoms with E-state index in [0.717, 1.165) is 5.56 Å². The van der Waals surface area contributed by atoms with Gasteiger partial charge in [0.1, 0.15) is 4.90 Å². The van der Waals surface area contributed by atoms with Gasteiger partial charge in [-0.05, 0) is 32.9 Å². The van der Waals surface area contributed by atoms with E-state index in [1.807, 2.05) is 19.1 Å². The molecular formula is C16H17N5O3S. The highest BCUT2D eigenvalue weighted by Gasteiger charge is 2.24. The van der Waals surface area contributed by atoms with Gasteiger partial charge in [-0.3, -0.25) is 4.98 Å². The Morgan fingerprint density at radius 3 is 2.48 bits per heavy atom. The molecule has 0 amide bonds. The summed E-state index contributed by atoms with van der Waals surface area (Å²) in [6.07, 6.45) is 6.14. The second kappa shape index (κ2) is 6.69. The van der Waals surface area contributed by atoms with Crippen LogP contribution >= 0.6 is 0 Å². The normalized spacial score (nSPS) is 12.9. The molecule has 0 radical (unpaired) electrons. The van der Waals surface area contributed by atoms with E-state index in [2.05, 4.69) is 24.8 Å². The number of pyridine rings is 1. The van der Waals surface area contributed by atoms with Crippen LogP contribution in [0.5, 0.6) is 0 Å². The lowest BCUT2D eigenvalue weighted by atomic mass is 10.1. The van der Waals surface area contributed by atoms with E-state index in [4.69, 9.17) is 4.52 Å². The first-order valence-electron chi connectivity index (χ1n) is 7.56. The summed E-state index contributed by atoms with van der Waals surface area (Å²) >= 11 is 0. The maximum absolute atomic E-state index is 12.4.